The van der Waals surface area contributed by atoms with Gasteiger partial charge in [-0.25, -0.2) is 9.88 Å². The summed E-state index contributed by atoms with van der Waals surface area (Å²) >= 11 is 0. The number of anilines is 1. The van der Waals surface area contributed by atoms with Gasteiger partial charge in [-0.3, -0.25) is 14.3 Å². The Bertz CT molecular complexity index is 1100. The minimum absolute atomic E-state index is 0.125. The summed E-state index contributed by atoms with van der Waals surface area (Å²) in [6.07, 6.45) is 1.44. The Morgan fingerprint density at radius 2 is 1.92 bits per heavy atom. The van der Waals surface area contributed by atoms with E-state index in [2.05, 4.69) is 10.1 Å². The zero-order chi connectivity index (χ0) is 17.3. The topological polar surface area (TPSA) is 86.6 Å². The summed E-state index contributed by atoms with van der Waals surface area (Å²) in [5, 5.41) is 4.92. The summed E-state index contributed by atoms with van der Waals surface area (Å²) in [4.78, 5) is 31.3. The molecular weight excluding hydrogens is 324 g/mol. The van der Waals surface area contributed by atoms with Crippen LogP contribution < -0.4 is 14.4 Å². The molecule has 0 saturated heterocycles. The van der Waals surface area contributed by atoms with Crippen LogP contribution in [0.3, 0.4) is 0 Å². The lowest BCUT2D eigenvalue weighted by Crippen LogP contribution is -2.29. The van der Waals surface area contributed by atoms with Crippen molar-refractivity contribution in [2.75, 3.05) is 11.7 Å². The molecule has 0 N–H and O–H groups in total. The third-order valence-electron chi connectivity index (χ3n) is 4.49. The number of hydrogen-bond donors (Lipinski definition) is 0. The number of amides is 2. The Balaban J connectivity index is 1.70. The van der Waals surface area contributed by atoms with Crippen molar-refractivity contribution in [2.45, 2.75) is 6.92 Å². The number of rotatable bonds is 1. The standard InChI is InChI=1S/C17H12N4O4/c1-8-13-14-10(6-18-15(13)20(2)19-8)16(22)21(17(14)23)9-3-4-11-12(5-9)25-7-24-11/h3-6H,7H2,1-2H3. The van der Waals surface area contributed by atoms with Gasteiger partial charge in [-0.2, -0.15) is 5.10 Å². The van der Waals surface area contributed by atoms with Crippen LogP contribution in [-0.4, -0.2) is 33.4 Å². The van der Waals surface area contributed by atoms with Gasteiger partial charge in [0.1, 0.15) is 0 Å². The van der Waals surface area contributed by atoms with E-state index in [9.17, 15) is 9.59 Å². The first-order chi connectivity index (χ1) is 12.1. The van der Waals surface area contributed by atoms with Crippen LogP contribution in [0.25, 0.3) is 11.0 Å². The van der Waals surface area contributed by atoms with Gasteiger partial charge in [-0.05, 0) is 19.1 Å². The largest absolute Gasteiger partial charge is 0.454 e. The van der Waals surface area contributed by atoms with E-state index in [-0.39, 0.29) is 18.3 Å². The maximum atomic E-state index is 13.1. The molecule has 0 bridgehead atoms. The fourth-order valence-corrected chi connectivity index (χ4v) is 3.38. The minimum Gasteiger partial charge on any atom is -0.454 e. The second kappa shape index (κ2) is 4.56. The minimum atomic E-state index is -0.406. The molecule has 2 aromatic heterocycles. The van der Waals surface area contributed by atoms with E-state index >= 15 is 0 Å². The molecule has 5 rings (SSSR count). The fourth-order valence-electron chi connectivity index (χ4n) is 3.38. The molecule has 2 aliphatic heterocycles. The summed E-state index contributed by atoms with van der Waals surface area (Å²) in [5.74, 6) is 0.307. The molecule has 25 heavy (non-hydrogen) atoms. The van der Waals surface area contributed by atoms with Crippen molar-refractivity contribution in [3.8, 4) is 11.5 Å². The SMILES string of the molecule is Cc1nn(C)c2ncc3c(c12)C(=O)N(c1ccc2c(c1)OCO2)C3=O. The average molecular weight is 336 g/mol. The van der Waals surface area contributed by atoms with Gasteiger partial charge in [-0.15, -0.1) is 0 Å². The lowest BCUT2D eigenvalue weighted by molar-refractivity contribution is 0.0926. The third-order valence-corrected chi connectivity index (χ3v) is 4.49. The van der Waals surface area contributed by atoms with Crippen molar-refractivity contribution in [1.82, 2.24) is 14.8 Å². The Kier molecular flexibility index (Phi) is 2.55. The van der Waals surface area contributed by atoms with Gasteiger partial charge < -0.3 is 9.47 Å². The zero-order valence-corrected chi connectivity index (χ0v) is 13.4. The van der Waals surface area contributed by atoms with Gasteiger partial charge in [0.05, 0.1) is 27.9 Å². The van der Waals surface area contributed by atoms with Gasteiger partial charge in [-0.1, -0.05) is 0 Å². The molecule has 2 amide bonds. The molecule has 124 valence electrons. The molecule has 0 atom stereocenters. The molecule has 0 saturated carbocycles. The summed E-state index contributed by atoms with van der Waals surface area (Å²) in [6, 6.07) is 4.98. The van der Waals surface area contributed by atoms with E-state index in [0.717, 1.165) is 4.90 Å². The normalized spacial score (nSPS) is 15.4. The van der Waals surface area contributed by atoms with Crippen LogP contribution >= 0.6 is 0 Å². The number of carbonyl (C=O) groups is 2. The van der Waals surface area contributed by atoms with Crippen LogP contribution in [0.4, 0.5) is 5.69 Å². The van der Waals surface area contributed by atoms with Crippen molar-refractivity contribution in [3.63, 3.8) is 0 Å². The summed E-state index contributed by atoms with van der Waals surface area (Å²) in [7, 11) is 1.76. The van der Waals surface area contributed by atoms with Crippen LogP contribution in [-0.2, 0) is 7.05 Å². The molecule has 8 nitrogen and oxygen atoms in total. The number of hydrogen-bond acceptors (Lipinski definition) is 6. The van der Waals surface area contributed by atoms with E-state index in [1.54, 1.807) is 36.9 Å². The highest BCUT2D eigenvalue weighted by atomic mass is 16.7. The second-order valence-electron chi connectivity index (χ2n) is 5.94. The Morgan fingerprint density at radius 1 is 1.12 bits per heavy atom. The first kappa shape index (κ1) is 14.0. The highest BCUT2D eigenvalue weighted by Gasteiger charge is 2.40. The fraction of sp³-hybridized carbons (Fsp3) is 0.176. The van der Waals surface area contributed by atoms with Crippen molar-refractivity contribution in [2.24, 2.45) is 7.05 Å². The quantitative estimate of drug-likeness (QED) is 0.630. The number of fused-ring (bicyclic) bond motifs is 4. The number of carbonyl (C=O) groups excluding carboxylic acids is 2. The first-order valence-electron chi connectivity index (χ1n) is 7.67. The van der Waals surface area contributed by atoms with Crippen LogP contribution in [0.1, 0.15) is 26.4 Å². The molecule has 0 aliphatic carbocycles. The van der Waals surface area contributed by atoms with E-state index < -0.39 is 5.91 Å². The number of pyridine rings is 1. The van der Waals surface area contributed by atoms with Crippen LogP contribution in [0.2, 0.25) is 0 Å². The maximum absolute atomic E-state index is 13.1. The van der Waals surface area contributed by atoms with Crippen LogP contribution in [0.15, 0.2) is 24.4 Å². The predicted octanol–water partition coefficient (Wildman–Crippen LogP) is 1.81. The number of ether oxygens (including phenoxy) is 2. The molecule has 0 fully saturated rings. The molecule has 0 spiro atoms. The van der Waals surface area contributed by atoms with E-state index in [0.29, 0.717) is 39.5 Å². The Morgan fingerprint density at radius 3 is 2.76 bits per heavy atom. The van der Waals surface area contributed by atoms with Crippen LogP contribution in [0, 0.1) is 6.92 Å². The molecule has 2 aliphatic rings. The molecule has 8 heteroatoms. The lowest BCUT2D eigenvalue weighted by Gasteiger charge is -2.14. The van der Waals surface area contributed by atoms with Crippen molar-refractivity contribution in [1.29, 1.82) is 0 Å². The third kappa shape index (κ3) is 1.70. The highest BCUT2D eigenvalue weighted by molar-refractivity contribution is 6.37. The first-order valence-corrected chi connectivity index (χ1v) is 7.67. The molecular formula is C17H12N4O4. The predicted molar refractivity (Wildman–Crippen MR) is 87.0 cm³/mol. The average Bonchev–Trinajstić information content (AvgIpc) is 3.24. The molecule has 0 unspecified atom stereocenters. The summed E-state index contributed by atoms with van der Waals surface area (Å²) in [5.41, 5.74) is 2.30. The molecule has 4 heterocycles. The summed E-state index contributed by atoms with van der Waals surface area (Å²) < 4.78 is 12.2. The Hall–Kier alpha value is -3.42. The number of aromatic nitrogens is 3. The van der Waals surface area contributed by atoms with Crippen molar-refractivity contribution >= 4 is 28.5 Å². The van der Waals surface area contributed by atoms with Gasteiger partial charge in [0.25, 0.3) is 11.8 Å². The highest BCUT2D eigenvalue weighted by Crippen LogP contribution is 2.39. The lowest BCUT2D eigenvalue weighted by atomic mass is 10.1. The number of aryl methyl sites for hydroxylation is 2. The van der Waals surface area contributed by atoms with Gasteiger partial charge in [0.2, 0.25) is 6.79 Å². The van der Waals surface area contributed by atoms with Gasteiger partial charge in [0.15, 0.2) is 17.1 Å². The van der Waals surface area contributed by atoms with Gasteiger partial charge >= 0.3 is 0 Å². The second-order valence-corrected chi connectivity index (χ2v) is 5.94. The van der Waals surface area contributed by atoms with E-state index in [1.807, 2.05) is 0 Å². The molecule has 0 radical (unpaired) electrons. The molecule has 3 aromatic rings. The monoisotopic (exact) mass is 336 g/mol. The zero-order valence-electron chi connectivity index (χ0n) is 13.4. The molecule has 1 aromatic carbocycles. The number of nitrogens with zero attached hydrogens (tertiary/aromatic N) is 4. The van der Waals surface area contributed by atoms with E-state index in [1.165, 1.54) is 6.20 Å². The smallest absolute Gasteiger partial charge is 0.267 e. The van der Waals surface area contributed by atoms with Crippen LogP contribution in [0.5, 0.6) is 11.5 Å². The number of imide groups is 1. The van der Waals surface area contributed by atoms with E-state index in [4.69, 9.17) is 9.47 Å². The Labute approximate surface area is 141 Å². The van der Waals surface area contributed by atoms with Crippen molar-refractivity contribution in [3.05, 3.63) is 41.2 Å². The number of benzene rings is 1. The van der Waals surface area contributed by atoms with Gasteiger partial charge in [0, 0.05) is 19.3 Å². The summed E-state index contributed by atoms with van der Waals surface area (Å²) in [6.45, 7) is 1.92. The maximum Gasteiger partial charge on any atom is 0.267 e. The van der Waals surface area contributed by atoms with Crippen molar-refractivity contribution < 1.29 is 19.1 Å².